The molecule has 3 nitrogen and oxygen atoms in total. The molecule has 1 heterocycles. The van der Waals surface area contributed by atoms with Crippen LogP contribution in [-0.2, 0) is 4.74 Å². The number of hydrogen-bond acceptors (Lipinski definition) is 3. The molecule has 1 saturated carbocycles. The van der Waals surface area contributed by atoms with E-state index in [4.69, 9.17) is 10.5 Å². The average Bonchev–Trinajstić information content (AvgIpc) is 2.04. The van der Waals surface area contributed by atoms with Crippen molar-refractivity contribution in [1.29, 1.82) is 0 Å². The van der Waals surface area contributed by atoms with Crippen LogP contribution in [0.2, 0.25) is 0 Å². The summed E-state index contributed by atoms with van der Waals surface area (Å²) in [4.78, 5) is 2.47. The molecule has 1 aliphatic heterocycles. The first-order valence-electron chi connectivity index (χ1n) is 4.45. The molecule has 1 saturated heterocycles. The van der Waals surface area contributed by atoms with Gasteiger partial charge >= 0.3 is 0 Å². The largest absolute Gasteiger partial charge is 0.379 e. The van der Waals surface area contributed by atoms with Crippen LogP contribution < -0.4 is 5.73 Å². The topological polar surface area (TPSA) is 38.5 Å². The van der Waals surface area contributed by atoms with Gasteiger partial charge in [0.15, 0.2) is 0 Å². The zero-order valence-corrected chi connectivity index (χ0v) is 6.83. The Hall–Kier alpha value is -0.120. The molecule has 2 N–H and O–H groups in total. The van der Waals surface area contributed by atoms with Crippen LogP contribution in [0.25, 0.3) is 0 Å². The number of rotatable bonds is 1. The predicted molar refractivity (Wildman–Crippen MR) is 43.4 cm³/mol. The fourth-order valence-corrected chi connectivity index (χ4v) is 1.87. The van der Waals surface area contributed by atoms with E-state index in [0.29, 0.717) is 12.1 Å². The maximum atomic E-state index is 5.87. The van der Waals surface area contributed by atoms with Gasteiger partial charge < -0.3 is 10.5 Å². The molecule has 0 aromatic carbocycles. The van der Waals surface area contributed by atoms with E-state index in [1.54, 1.807) is 0 Å². The summed E-state index contributed by atoms with van der Waals surface area (Å²) in [6.07, 6.45) is 2.50. The van der Waals surface area contributed by atoms with Gasteiger partial charge in [0, 0.05) is 25.2 Å². The minimum Gasteiger partial charge on any atom is -0.379 e. The van der Waals surface area contributed by atoms with Crippen LogP contribution in [0.1, 0.15) is 12.8 Å². The quantitative estimate of drug-likeness (QED) is 0.572. The number of nitrogens with zero attached hydrogens (tertiary/aromatic N) is 1. The summed E-state index contributed by atoms with van der Waals surface area (Å²) in [6.45, 7) is 3.95. The zero-order chi connectivity index (χ0) is 7.68. The van der Waals surface area contributed by atoms with E-state index >= 15 is 0 Å². The number of morpholine rings is 1. The average molecular weight is 156 g/mol. The Morgan fingerprint density at radius 1 is 1.18 bits per heavy atom. The maximum absolute atomic E-state index is 5.87. The number of hydrogen-bond donors (Lipinski definition) is 1. The normalized spacial score (nSPS) is 40.1. The van der Waals surface area contributed by atoms with Gasteiger partial charge in [0.1, 0.15) is 0 Å². The second-order valence-corrected chi connectivity index (χ2v) is 3.46. The molecule has 2 unspecified atom stereocenters. The first-order valence-corrected chi connectivity index (χ1v) is 4.45. The van der Waals surface area contributed by atoms with Crippen LogP contribution in [-0.4, -0.2) is 43.3 Å². The Bertz CT molecular complexity index is 134. The molecule has 0 aromatic rings. The molecule has 0 bridgehead atoms. The van der Waals surface area contributed by atoms with E-state index in [0.717, 1.165) is 26.3 Å². The summed E-state index contributed by atoms with van der Waals surface area (Å²) >= 11 is 0. The lowest BCUT2D eigenvalue weighted by molar-refractivity contribution is -0.00872. The van der Waals surface area contributed by atoms with Crippen LogP contribution >= 0.6 is 0 Å². The summed E-state index contributed by atoms with van der Waals surface area (Å²) in [5, 5.41) is 0. The molecular weight excluding hydrogens is 140 g/mol. The minimum atomic E-state index is 0.438. The summed E-state index contributed by atoms with van der Waals surface area (Å²) < 4.78 is 5.27. The second-order valence-electron chi connectivity index (χ2n) is 3.46. The maximum Gasteiger partial charge on any atom is 0.0594 e. The van der Waals surface area contributed by atoms with Gasteiger partial charge in [-0.1, -0.05) is 0 Å². The second kappa shape index (κ2) is 3.09. The lowest BCUT2D eigenvalue weighted by Gasteiger charge is -2.44. The summed E-state index contributed by atoms with van der Waals surface area (Å²) in [6, 6.07) is 1.10. The Balaban J connectivity index is 1.83. The van der Waals surface area contributed by atoms with Crippen LogP contribution in [0.3, 0.4) is 0 Å². The Morgan fingerprint density at radius 3 is 2.36 bits per heavy atom. The van der Waals surface area contributed by atoms with Gasteiger partial charge in [-0.25, -0.2) is 0 Å². The smallest absolute Gasteiger partial charge is 0.0594 e. The molecule has 2 rings (SSSR count). The monoisotopic (exact) mass is 156 g/mol. The van der Waals surface area contributed by atoms with E-state index in [1.807, 2.05) is 0 Å². The SMILES string of the molecule is NC1CCC1N1CCOCC1. The molecule has 0 radical (unpaired) electrons. The van der Waals surface area contributed by atoms with Gasteiger partial charge in [0.25, 0.3) is 0 Å². The molecule has 2 fully saturated rings. The molecule has 0 amide bonds. The van der Waals surface area contributed by atoms with E-state index in [-0.39, 0.29) is 0 Å². The van der Waals surface area contributed by atoms with Crippen molar-refractivity contribution in [3.63, 3.8) is 0 Å². The first kappa shape index (κ1) is 7.53. The number of nitrogens with two attached hydrogens (primary N) is 1. The van der Waals surface area contributed by atoms with Gasteiger partial charge in [0.2, 0.25) is 0 Å². The van der Waals surface area contributed by atoms with Crippen molar-refractivity contribution in [3.8, 4) is 0 Å². The van der Waals surface area contributed by atoms with Crippen molar-refractivity contribution in [2.75, 3.05) is 26.3 Å². The van der Waals surface area contributed by atoms with Gasteiger partial charge in [-0.3, -0.25) is 4.90 Å². The Labute approximate surface area is 67.5 Å². The summed E-state index contributed by atoms with van der Waals surface area (Å²) in [5.74, 6) is 0. The van der Waals surface area contributed by atoms with Crippen molar-refractivity contribution >= 4 is 0 Å². The third kappa shape index (κ3) is 1.41. The molecule has 2 aliphatic rings. The van der Waals surface area contributed by atoms with Gasteiger partial charge in [-0.05, 0) is 12.8 Å². The lowest BCUT2D eigenvalue weighted by atomic mass is 9.86. The van der Waals surface area contributed by atoms with Crippen molar-refractivity contribution in [2.45, 2.75) is 24.9 Å². The highest BCUT2D eigenvalue weighted by Crippen LogP contribution is 2.24. The van der Waals surface area contributed by atoms with Crippen molar-refractivity contribution in [1.82, 2.24) is 4.90 Å². The fourth-order valence-electron chi connectivity index (χ4n) is 1.87. The van der Waals surface area contributed by atoms with Crippen molar-refractivity contribution in [3.05, 3.63) is 0 Å². The molecule has 11 heavy (non-hydrogen) atoms. The fraction of sp³-hybridized carbons (Fsp3) is 1.00. The first-order chi connectivity index (χ1) is 5.38. The molecule has 0 aromatic heterocycles. The van der Waals surface area contributed by atoms with E-state index in [9.17, 15) is 0 Å². The van der Waals surface area contributed by atoms with Crippen LogP contribution in [0.15, 0.2) is 0 Å². The highest BCUT2D eigenvalue weighted by molar-refractivity contribution is 4.92. The molecule has 2 atom stereocenters. The minimum absolute atomic E-state index is 0.438. The third-order valence-electron chi connectivity index (χ3n) is 2.80. The Morgan fingerprint density at radius 2 is 1.91 bits per heavy atom. The molecule has 0 spiro atoms. The summed E-state index contributed by atoms with van der Waals surface area (Å²) in [5.41, 5.74) is 5.87. The summed E-state index contributed by atoms with van der Waals surface area (Å²) in [7, 11) is 0. The molecule has 1 aliphatic carbocycles. The van der Waals surface area contributed by atoms with E-state index in [2.05, 4.69) is 4.90 Å². The highest BCUT2D eigenvalue weighted by Gasteiger charge is 2.33. The zero-order valence-electron chi connectivity index (χ0n) is 6.83. The van der Waals surface area contributed by atoms with Crippen LogP contribution in [0.4, 0.5) is 0 Å². The van der Waals surface area contributed by atoms with Crippen LogP contribution in [0, 0.1) is 0 Å². The Kier molecular flexibility index (Phi) is 2.11. The van der Waals surface area contributed by atoms with Crippen molar-refractivity contribution < 1.29 is 4.74 Å². The van der Waals surface area contributed by atoms with E-state index in [1.165, 1.54) is 12.8 Å². The third-order valence-corrected chi connectivity index (χ3v) is 2.80. The molecule has 64 valence electrons. The van der Waals surface area contributed by atoms with Crippen molar-refractivity contribution in [2.24, 2.45) is 5.73 Å². The van der Waals surface area contributed by atoms with E-state index < -0.39 is 0 Å². The molecule has 3 heteroatoms. The lowest BCUT2D eigenvalue weighted by Crippen LogP contribution is -2.57. The highest BCUT2D eigenvalue weighted by atomic mass is 16.5. The van der Waals surface area contributed by atoms with Gasteiger partial charge in [-0.2, -0.15) is 0 Å². The van der Waals surface area contributed by atoms with Crippen LogP contribution in [0.5, 0.6) is 0 Å². The van der Waals surface area contributed by atoms with Gasteiger partial charge in [-0.15, -0.1) is 0 Å². The number of ether oxygens (including phenoxy) is 1. The van der Waals surface area contributed by atoms with Gasteiger partial charge in [0.05, 0.1) is 13.2 Å². The molecular formula is C8H16N2O. The predicted octanol–water partition coefficient (Wildman–Crippen LogP) is -0.192. The standard InChI is InChI=1S/C8H16N2O/c9-7-1-2-8(7)10-3-5-11-6-4-10/h7-8H,1-6,9H2.